The van der Waals surface area contributed by atoms with Crippen molar-refractivity contribution >= 4 is 18.0 Å². The standard InChI is InChI=1S/C40H56O7/c1-24-14-19-39(35(44)45)20-21-40(23-47-33(43)13-9-26-8-11-28(41)29(22-26)46-7)27(34(39)25(24)2)10-12-31-37(5)17-16-32(42)36(3,4)30(37)15-18-38(31,40)6/h8-11,13,22,24-25,30-32,34,41-42H,12,14-21,23H2,1-7H3,(H,44,45)/b13-9+/t24-,25+,30+,31-,32?,34+,37+,38-,39+,40+/m1/s1. The lowest BCUT2D eigenvalue weighted by Crippen LogP contribution is -2.67. The van der Waals surface area contributed by atoms with E-state index in [-0.39, 0.29) is 46.5 Å². The molecular formula is C40H56O7. The predicted molar refractivity (Wildman–Crippen MR) is 182 cm³/mol. The number of carbonyl (C=O) groups is 2. The molecule has 1 unspecified atom stereocenters. The van der Waals surface area contributed by atoms with Gasteiger partial charge in [-0.3, -0.25) is 4.79 Å². The fourth-order valence-corrected chi connectivity index (χ4v) is 12.2. The Hall–Kier alpha value is -2.80. The molecule has 10 atom stereocenters. The van der Waals surface area contributed by atoms with E-state index < -0.39 is 22.8 Å². The number of methoxy groups -OCH3 is 1. The van der Waals surface area contributed by atoms with Crippen molar-refractivity contribution in [2.45, 2.75) is 105 Å². The van der Waals surface area contributed by atoms with Crippen LogP contribution in [0, 0.1) is 56.7 Å². The number of carboxylic acids is 1. The third-order valence-corrected chi connectivity index (χ3v) is 15.1. The number of carbonyl (C=O) groups excluding carboxylic acids is 1. The van der Waals surface area contributed by atoms with Crippen LogP contribution in [0.25, 0.3) is 6.08 Å². The largest absolute Gasteiger partial charge is 0.504 e. The number of hydrogen-bond donors (Lipinski definition) is 3. The number of allylic oxidation sites excluding steroid dienone is 1. The number of aliphatic carboxylic acids is 1. The highest BCUT2D eigenvalue weighted by Crippen LogP contribution is 2.76. The number of phenolic OH excluding ortho intramolecular Hbond substituents is 1. The van der Waals surface area contributed by atoms with E-state index in [1.807, 2.05) is 0 Å². The highest BCUT2D eigenvalue weighted by Gasteiger charge is 2.71. The fraction of sp³-hybridized carbons (Fsp3) is 0.700. The van der Waals surface area contributed by atoms with Gasteiger partial charge in [-0.05, 0) is 127 Å². The van der Waals surface area contributed by atoms with Crippen LogP contribution >= 0.6 is 0 Å². The zero-order chi connectivity index (χ0) is 34.2. The van der Waals surface area contributed by atoms with E-state index in [2.05, 4.69) is 47.6 Å². The van der Waals surface area contributed by atoms with Crippen molar-refractivity contribution < 1.29 is 34.4 Å². The lowest BCUT2D eigenvalue weighted by atomic mass is 9.33. The highest BCUT2D eigenvalue weighted by atomic mass is 16.5. The zero-order valence-electron chi connectivity index (χ0n) is 29.5. The Bertz CT molecular complexity index is 1480. The number of rotatable bonds is 6. The third-order valence-electron chi connectivity index (χ3n) is 15.1. The molecular weight excluding hydrogens is 592 g/mol. The smallest absolute Gasteiger partial charge is 0.330 e. The van der Waals surface area contributed by atoms with Crippen LogP contribution in [0.15, 0.2) is 35.9 Å². The van der Waals surface area contributed by atoms with E-state index in [4.69, 9.17) is 9.47 Å². The van der Waals surface area contributed by atoms with Crippen LogP contribution in [-0.4, -0.2) is 47.1 Å². The van der Waals surface area contributed by atoms with Crippen molar-refractivity contribution in [3.63, 3.8) is 0 Å². The average molecular weight is 649 g/mol. The number of esters is 1. The summed E-state index contributed by atoms with van der Waals surface area (Å²) in [5.74, 6) is 0.499. The maximum absolute atomic E-state index is 13.5. The molecule has 47 heavy (non-hydrogen) atoms. The van der Waals surface area contributed by atoms with Crippen LogP contribution in [0.3, 0.4) is 0 Å². The molecule has 0 spiro atoms. The van der Waals surface area contributed by atoms with Crippen molar-refractivity contribution in [2.75, 3.05) is 13.7 Å². The van der Waals surface area contributed by atoms with Gasteiger partial charge in [-0.15, -0.1) is 0 Å². The summed E-state index contributed by atoms with van der Waals surface area (Å²) < 4.78 is 11.5. The van der Waals surface area contributed by atoms with Crippen LogP contribution in [0.1, 0.15) is 105 Å². The Morgan fingerprint density at radius 3 is 2.43 bits per heavy atom. The number of ether oxygens (including phenoxy) is 2. The minimum absolute atomic E-state index is 0.0133. The number of phenols is 1. The molecule has 7 heteroatoms. The van der Waals surface area contributed by atoms with E-state index in [1.54, 1.807) is 18.2 Å². The first-order valence-corrected chi connectivity index (χ1v) is 17.9. The average Bonchev–Trinajstić information content (AvgIpc) is 3.03. The SMILES string of the molecule is COc1cc(/C=C/C(=O)OC[C@@]23CC[C@@]4(C(=O)O)CC[C@@H](C)[C@H](C)[C@H]4C2=CC[C@@H]2[C@@]4(C)CCC(O)C(C)(C)[C@@H]4CC[C@]23C)ccc1O. The summed E-state index contributed by atoms with van der Waals surface area (Å²) in [5, 5.41) is 32.0. The lowest BCUT2D eigenvalue weighted by Gasteiger charge is -2.71. The monoisotopic (exact) mass is 648 g/mol. The van der Waals surface area contributed by atoms with Gasteiger partial charge in [0.1, 0.15) is 6.61 Å². The van der Waals surface area contributed by atoms with Gasteiger partial charge in [-0.2, -0.15) is 0 Å². The fourth-order valence-electron chi connectivity index (χ4n) is 12.2. The Labute approximate surface area is 280 Å². The molecule has 4 fully saturated rings. The Morgan fingerprint density at radius 2 is 1.72 bits per heavy atom. The van der Waals surface area contributed by atoms with Gasteiger partial charge in [0.25, 0.3) is 0 Å². The summed E-state index contributed by atoms with van der Waals surface area (Å²) >= 11 is 0. The minimum Gasteiger partial charge on any atom is -0.504 e. The second-order valence-electron chi connectivity index (χ2n) is 17.1. The summed E-state index contributed by atoms with van der Waals surface area (Å²) in [4.78, 5) is 26.7. The van der Waals surface area contributed by atoms with Crippen molar-refractivity contribution in [2.24, 2.45) is 56.7 Å². The van der Waals surface area contributed by atoms with Gasteiger partial charge in [-0.1, -0.05) is 59.3 Å². The number of hydrogen-bond acceptors (Lipinski definition) is 6. The first kappa shape index (κ1) is 34.1. The highest BCUT2D eigenvalue weighted by molar-refractivity contribution is 5.87. The molecule has 4 saturated carbocycles. The Morgan fingerprint density at radius 1 is 0.979 bits per heavy atom. The molecule has 0 aliphatic heterocycles. The van der Waals surface area contributed by atoms with Crippen molar-refractivity contribution in [3.8, 4) is 11.5 Å². The molecule has 1 aromatic carbocycles. The quantitative estimate of drug-likeness (QED) is 0.163. The van der Waals surface area contributed by atoms with E-state index in [1.165, 1.54) is 24.8 Å². The number of aliphatic hydroxyl groups is 1. The Kier molecular flexibility index (Phi) is 8.46. The van der Waals surface area contributed by atoms with Gasteiger partial charge < -0.3 is 24.8 Å². The lowest BCUT2D eigenvalue weighted by molar-refractivity contribution is -0.218. The summed E-state index contributed by atoms with van der Waals surface area (Å²) in [5.41, 5.74) is 0.329. The number of carboxylic acid groups (broad SMARTS) is 1. The van der Waals surface area contributed by atoms with Crippen molar-refractivity contribution in [3.05, 3.63) is 41.5 Å². The van der Waals surface area contributed by atoms with E-state index >= 15 is 0 Å². The van der Waals surface area contributed by atoms with Gasteiger partial charge in [0.2, 0.25) is 0 Å². The zero-order valence-corrected chi connectivity index (χ0v) is 29.5. The Balaban J connectivity index is 1.40. The van der Waals surface area contributed by atoms with Crippen LogP contribution in [0.4, 0.5) is 0 Å². The number of aliphatic hydroxyl groups excluding tert-OH is 1. The second kappa shape index (κ2) is 11.7. The molecule has 1 aromatic rings. The molecule has 5 aliphatic carbocycles. The molecule has 3 N–H and O–H groups in total. The molecule has 258 valence electrons. The van der Waals surface area contributed by atoms with Crippen LogP contribution < -0.4 is 4.74 Å². The normalized spacial score (nSPS) is 42.3. The van der Waals surface area contributed by atoms with Crippen molar-refractivity contribution in [1.29, 1.82) is 0 Å². The summed E-state index contributed by atoms with van der Waals surface area (Å²) in [6, 6.07) is 4.92. The van der Waals surface area contributed by atoms with Gasteiger partial charge in [-0.25, -0.2) is 4.79 Å². The number of fused-ring (bicyclic) bond motifs is 7. The van der Waals surface area contributed by atoms with E-state index in [0.29, 0.717) is 48.3 Å². The van der Waals surface area contributed by atoms with Gasteiger partial charge in [0, 0.05) is 11.5 Å². The maximum Gasteiger partial charge on any atom is 0.330 e. The summed E-state index contributed by atoms with van der Waals surface area (Å²) in [7, 11) is 1.49. The molecule has 0 aromatic heterocycles. The van der Waals surface area contributed by atoms with Crippen LogP contribution in [0.5, 0.6) is 11.5 Å². The summed E-state index contributed by atoms with van der Waals surface area (Å²) in [6.07, 6.45) is 12.7. The minimum atomic E-state index is -0.787. The van der Waals surface area contributed by atoms with E-state index in [9.17, 15) is 24.9 Å². The summed E-state index contributed by atoms with van der Waals surface area (Å²) in [6.45, 7) is 14.1. The maximum atomic E-state index is 13.5. The molecule has 5 aliphatic rings. The molecule has 0 radical (unpaired) electrons. The number of aromatic hydroxyl groups is 1. The van der Waals surface area contributed by atoms with Gasteiger partial charge >= 0.3 is 11.9 Å². The molecule has 0 saturated heterocycles. The third kappa shape index (κ3) is 4.91. The van der Waals surface area contributed by atoms with Gasteiger partial charge in [0.15, 0.2) is 11.5 Å². The number of benzene rings is 1. The molecule has 7 nitrogen and oxygen atoms in total. The topological polar surface area (TPSA) is 113 Å². The van der Waals surface area contributed by atoms with E-state index in [0.717, 1.165) is 38.5 Å². The van der Waals surface area contributed by atoms with Crippen LogP contribution in [0.2, 0.25) is 0 Å². The van der Waals surface area contributed by atoms with Crippen molar-refractivity contribution in [1.82, 2.24) is 0 Å². The van der Waals surface area contributed by atoms with Gasteiger partial charge in [0.05, 0.1) is 18.6 Å². The molecule has 6 rings (SSSR count). The predicted octanol–water partition coefficient (Wildman–Crippen LogP) is 8.04. The van der Waals surface area contributed by atoms with Crippen LogP contribution in [-0.2, 0) is 14.3 Å². The molecule has 0 amide bonds. The second-order valence-corrected chi connectivity index (χ2v) is 17.1. The first-order valence-electron chi connectivity index (χ1n) is 17.9. The molecule has 0 heterocycles. The molecule has 0 bridgehead atoms. The first-order chi connectivity index (χ1) is 22.1.